The molecular formula is C19H34O. The largest absolute Gasteiger partial charge is 0.396 e. The fourth-order valence-electron chi connectivity index (χ4n) is 4.26. The molecule has 1 nitrogen and oxygen atoms in total. The van der Waals surface area contributed by atoms with Crippen molar-refractivity contribution in [2.45, 2.75) is 77.6 Å². The minimum Gasteiger partial charge on any atom is -0.396 e. The first kappa shape index (κ1) is 16.1. The second kappa shape index (κ2) is 8.87. The van der Waals surface area contributed by atoms with E-state index < -0.39 is 0 Å². The lowest BCUT2D eigenvalue weighted by Gasteiger charge is -2.31. The number of hydrogen-bond acceptors (Lipinski definition) is 1. The SMILES string of the molecule is C/C=C/CC1CCC(CCC2CCC(CO)CC2)CC1. The number of hydrogen-bond donors (Lipinski definition) is 1. The molecule has 2 saturated carbocycles. The summed E-state index contributed by atoms with van der Waals surface area (Å²) in [5, 5.41) is 9.19. The fraction of sp³-hybridized carbons (Fsp3) is 0.895. The summed E-state index contributed by atoms with van der Waals surface area (Å²) < 4.78 is 0. The van der Waals surface area contributed by atoms with Crippen LogP contribution in [-0.2, 0) is 0 Å². The van der Waals surface area contributed by atoms with Gasteiger partial charge in [0.1, 0.15) is 0 Å². The van der Waals surface area contributed by atoms with Crippen LogP contribution >= 0.6 is 0 Å². The van der Waals surface area contributed by atoms with E-state index >= 15 is 0 Å². The molecule has 116 valence electrons. The molecule has 0 spiro atoms. The van der Waals surface area contributed by atoms with E-state index in [1.807, 2.05) is 0 Å². The van der Waals surface area contributed by atoms with Crippen LogP contribution in [0, 0.1) is 23.7 Å². The predicted molar refractivity (Wildman–Crippen MR) is 86.6 cm³/mol. The summed E-state index contributed by atoms with van der Waals surface area (Å²) in [5.41, 5.74) is 0. The van der Waals surface area contributed by atoms with Gasteiger partial charge in [0.25, 0.3) is 0 Å². The summed E-state index contributed by atoms with van der Waals surface area (Å²) in [6.45, 7) is 2.56. The number of rotatable bonds is 6. The second-order valence-electron chi connectivity index (χ2n) is 7.34. The Morgan fingerprint density at radius 1 is 0.750 bits per heavy atom. The van der Waals surface area contributed by atoms with Gasteiger partial charge in [-0.1, -0.05) is 50.7 Å². The van der Waals surface area contributed by atoms with Crippen LogP contribution < -0.4 is 0 Å². The van der Waals surface area contributed by atoms with Gasteiger partial charge in [-0.25, -0.2) is 0 Å². The minimum absolute atomic E-state index is 0.420. The van der Waals surface area contributed by atoms with Crippen LogP contribution in [-0.4, -0.2) is 11.7 Å². The van der Waals surface area contributed by atoms with Crippen molar-refractivity contribution in [3.05, 3.63) is 12.2 Å². The van der Waals surface area contributed by atoms with Gasteiger partial charge in [0, 0.05) is 6.61 Å². The molecule has 0 heterocycles. The van der Waals surface area contributed by atoms with Gasteiger partial charge in [-0.2, -0.15) is 0 Å². The van der Waals surface area contributed by atoms with E-state index in [0.29, 0.717) is 12.5 Å². The standard InChI is InChI=1S/C19H34O/c1-2-3-4-16-5-7-17(8-6-16)9-10-18-11-13-19(15-20)14-12-18/h2-3,16-20H,4-15H2,1H3/b3-2+. The summed E-state index contributed by atoms with van der Waals surface area (Å²) in [4.78, 5) is 0. The van der Waals surface area contributed by atoms with Gasteiger partial charge in [0.05, 0.1) is 0 Å². The summed E-state index contributed by atoms with van der Waals surface area (Å²) in [7, 11) is 0. The Morgan fingerprint density at radius 3 is 1.65 bits per heavy atom. The molecule has 0 radical (unpaired) electrons. The van der Waals surface area contributed by atoms with Gasteiger partial charge in [-0.05, 0) is 62.7 Å². The maximum atomic E-state index is 9.19. The van der Waals surface area contributed by atoms with Crippen molar-refractivity contribution in [1.82, 2.24) is 0 Å². The highest BCUT2D eigenvalue weighted by Gasteiger charge is 2.24. The van der Waals surface area contributed by atoms with Crippen LogP contribution in [0.15, 0.2) is 12.2 Å². The van der Waals surface area contributed by atoms with Crippen molar-refractivity contribution in [1.29, 1.82) is 0 Å². The van der Waals surface area contributed by atoms with Gasteiger partial charge < -0.3 is 5.11 Å². The van der Waals surface area contributed by atoms with E-state index in [4.69, 9.17) is 0 Å². The van der Waals surface area contributed by atoms with E-state index in [2.05, 4.69) is 19.1 Å². The predicted octanol–water partition coefficient (Wildman–Crippen LogP) is 5.34. The average molecular weight is 278 g/mol. The first-order valence-electron chi connectivity index (χ1n) is 9.03. The Hall–Kier alpha value is -0.300. The van der Waals surface area contributed by atoms with E-state index in [1.54, 1.807) is 0 Å². The number of allylic oxidation sites excluding steroid dienone is 2. The van der Waals surface area contributed by atoms with Gasteiger partial charge >= 0.3 is 0 Å². The zero-order valence-electron chi connectivity index (χ0n) is 13.4. The van der Waals surface area contributed by atoms with Gasteiger partial charge in [0.2, 0.25) is 0 Å². The topological polar surface area (TPSA) is 20.2 Å². The summed E-state index contributed by atoms with van der Waals surface area (Å²) >= 11 is 0. The first-order valence-corrected chi connectivity index (χ1v) is 9.03. The molecule has 0 aromatic heterocycles. The van der Waals surface area contributed by atoms with Crippen molar-refractivity contribution in [3.8, 4) is 0 Å². The third-order valence-corrected chi connectivity index (χ3v) is 5.88. The highest BCUT2D eigenvalue weighted by molar-refractivity contribution is 4.83. The van der Waals surface area contributed by atoms with Crippen LogP contribution in [0.4, 0.5) is 0 Å². The van der Waals surface area contributed by atoms with E-state index in [1.165, 1.54) is 70.6 Å². The highest BCUT2D eigenvalue weighted by Crippen LogP contribution is 2.37. The van der Waals surface area contributed by atoms with E-state index in [-0.39, 0.29) is 0 Å². The minimum atomic E-state index is 0.420. The number of aliphatic hydroxyl groups is 1. The smallest absolute Gasteiger partial charge is 0.0459 e. The van der Waals surface area contributed by atoms with Crippen LogP contribution in [0.5, 0.6) is 0 Å². The molecule has 2 fully saturated rings. The summed E-state index contributed by atoms with van der Waals surface area (Å²) in [5.74, 6) is 3.58. The van der Waals surface area contributed by atoms with Crippen molar-refractivity contribution < 1.29 is 5.11 Å². The van der Waals surface area contributed by atoms with Crippen LogP contribution in [0.25, 0.3) is 0 Å². The van der Waals surface area contributed by atoms with Crippen molar-refractivity contribution in [3.63, 3.8) is 0 Å². The molecule has 0 bridgehead atoms. The lowest BCUT2D eigenvalue weighted by molar-refractivity contribution is 0.157. The molecule has 2 aliphatic carbocycles. The second-order valence-corrected chi connectivity index (χ2v) is 7.34. The molecule has 0 aromatic rings. The quantitative estimate of drug-likeness (QED) is 0.650. The molecule has 1 heteroatoms. The maximum Gasteiger partial charge on any atom is 0.0459 e. The number of aliphatic hydroxyl groups excluding tert-OH is 1. The van der Waals surface area contributed by atoms with Crippen molar-refractivity contribution >= 4 is 0 Å². The molecule has 1 N–H and O–H groups in total. The lowest BCUT2D eigenvalue weighted by Crippen LogP contribution is -2.19. The Bertz CT molecular complexity index is 267. The zero-order chi connectivity index (χ0) is 14.2. The average Bonchev–Trinajstić information content (AvgIpc) is 2.52. The van der Waals surface area contributed by atoms with E-state index in [9.17, 15) is 5.11 Å². The monoisotopic (exact) mass is 278 g/mol. The first-order chi connectivity index (χ1) is 9.81. The van der Waals surface area contributed by atoms with Gasteiger partial charge in [-0.15, -0.1) is 0 Å². The van der Waals surface area contributed by atoms with E-state index in [0.717, 1.165) is 17.8 Å². The van der Waals surface area contributed by atoms with Crippen molar-refractivity contribution in [2.75, 3.05) is 6.61 Å². The van der Waals surface area contributed by atoms with Crippen LogP contribution in [0.1, 0.15) is 77.6 Å². The fourth-order valence-corrected chi connectivity index (χ4v) is 4.26. The van der Waals surface area contributed by atoms with Crippen molar-refractivity contribution in [2.24, 2.45) is 23.7 Å². The molecule has 20 heavy (non-hydrogen) atoms. The third kappa shape index (κ3) is 5.24. The normalized spacial score (nSPS) is 35.5. The Labute approximate surface area is 125 Å². The zero-order valence-corrected chi connectivity index (χ0v) is 13.4. The molecule has 0 atom stereocenters. The molecule has 0 amide bonds. The van der Waals surface area contributed by atoms with Crippen LogP contribution in [0.2, 0.25) is 0 Å². The molecule has 0 aliphatic heterocycles. The molecule has 2 rings (SSSR count). The third-order valence-electron chi connectivity index (χ3n) is 5.88. The van der Waals surface area contributed by atoms with Crippen LogP contribution in [0.3, 0.4) is 0 Å². The molecule has 0 aromatic carbocycles. The summed E-state index contributed by atoms with van der Waals surface area (Å²) in [6, 6.07) is 0. The Balaban J connectivity index is 1.57. The molecule has 0 saturated heterocycles. The van der Waals surface area contributed by atoms with Gasteiger partial charge in [-0.3, -0.25) is 0 Å². The Morgan fingerprint density at radius 2 is 1.20 bits per heavy atom. The highest BCUT2D eigenvalue weighted by atomic mass is 16.3. The molecular weight excluding hydrogens is 244 g/mol. The van der Waals surface area contributed by atoms with Gasteiger partial charge in [0.15, 0.2) is 0 Å². The Kier molecular flexibility index (Phi) is 7.13. The summed E-state index contributed by atoms with van der Waals surface area (Å²) in [6.07, 6.45) is 20.0. The molecule has 0 unspecified atom stereocenters. The maximum absolute atomic E-state index is 9.19. The molecule has 2 aliphatic rings. The lowest BCUT2D eigenvalue weighted by atomic mass is 9.75.